The van der Waals surface area contributed by atoms with Gasteiger partial charge in [-0.1, -0.05) is 67.6 Å². The molecule has 3 rings (SSSR count). The first-order valence-electron chi connectivity index (χ1n) is 13.3. The lowest BCUT2D eigenvalue weighted by atomic mass is 9.98. The summed E-state index contributed by atoms with van der Waals surface area (Å²) in [5.41, 5.74) is 1.81. The molecule has 3 amide bonds. The Kier molecular flexibility index (Phi) is 11.0. The van der Waals surface area contributed by atoms with Crippen LogP contribution in [0.25, 0.3) is 0 Å². The SMILES string of the molecule is CCN(C[C@H](NC(=O)[C@H](C)NC)C(=O)N1[C@@H](C)CC[C@H]1C(=O)NC(c1ccccc1)c1ccccc1)[SH](=O)=O. The highest BCUT2D eigenvalue weighted by Crippen LogP contribution is 2.28. The van der Waals surface area contributed by atoms with Crippen LogP contribution in [0.15, 0.2) is 60.7 Å². The van der Waals surface area contributed by atoms with Crippen molar-refractivity contribution in [2.75, 3.05) is 20.1 Å². The average Bonchev–Trinajstić information content (AvgIpc) is 3.34. The van der Waals surface area contributed by atoms with Gasteiger partial charge in [-0.3, -0.25) is 14.4 Å². The zero-order chi connectivity index (χ0) is 28.5. The number of likely N-dealkylation sites (tertiary alicyclic amines) is 1. The van der Waals surface area contributed by atoms with Crippen molar-refractivity contribution in [3.63, 3.8) is 0 Å². The minimum atomic E-state index is -2.96. The summed E-state index contributed by atoms with van der Waals surface area (Å²) in [6.07, 6.45) is 1.06. The Labute approximate surface area is 232 Å². The molecule has 4 atom stereocenters. The number of likely N-dealkylation sites (N-methyl/N-ethyl adjacent to an activating group) is 2. The average molecular weight is 558 g/mol. The van der Waals surface area contributed by atoms with Gasteiger partial charge in [0, 0.05) is 19.1 Å². The number of amides is 3. The summed E-state index contributed by atoms with van der Waals surface area (Å²) < 4.78 is 24.6. The zero-order valence-corrected chi connectivity index (χ0v) is 23.8. The molecule has 0 aromatic heterocycles. The second-order valence-electron chi connectivity index (χ2n) is 9.77. The maximum Gasteiger partial charge on any atom is 0.247 e. The summed E-state index contributed by atoms with van der Waals surface area (Å²) in [4.78, 5) is 41.9. The Balaban J connectivity index is 1.88. The van der Waals surface area contributed by atoms with Crippen LogP contribution in [0, 0.1) is 0 Å². The topological polar surface area (TPSA) is 128 Å². The molecule has 212 valence electrons. The highest BCUT2D eigenvalue weighted by Gasteiger charge is 2.42. The van der Waals surface area contributed by atoms with Crippen molar-refractivity contribution >= 4 is 28.6 Å². The molecule has 0 unspecified atom stereocenters. The Bertz CT molecular complexity index is 1150. The van der Waals surface area contributed by atoms with E-state index in [0.717, 1.165) is 15.4 Å². The van der Waals surface area contributed by atoms with Gasteiger partial charge in [0.2, 0.25) is 28.6 Å². The number of carbonyl (C=O) groups is 3. The van der Waals surface area contributed by atoms with E-state index in [1.807, 2.05) is 67.6 Å². The van der Waals surface area contributed by atoms with Gasteiger partial charge in [-0.15, -0.1) is 0 Å². The molecule has 0 saturated carbocycles. The highest BCUT2D eigenvalue weighted by atomic mass is 32.2. The van der Waals surface area contributed by atoms with Gasteiger partial charge in [0.15, 0.2) is 0 Å². The molecule has 0 radical (unpaired) electrons. The third-order valence-corrected chi connectivity index (χ3v) is 8.12. The summed E-state index contributed by atoms with van der Waals surface area (Å²) in [7, 11) is -1.34. The Morgan fingerprint density at radius 3 is 2.03 bits per heavy atom. The van der Waals surface area contributed by atoms with Crippen molar-refractivity contribution in [2.45, 2.75) is 63.8 Å². The molecule has 1 aliphatic rings. The lowest BCUT2D eigenvalue weighted by Gasteiger charge is -2.34. The summed E-state index contributed by atoms with van der Waals surface area (Å²) in [5.74, 6) is -1.22. The predicted octanol–water partition coefficient (Wildman–Crippen LogP) is 1.21. The van der Waals surface area contributed by atoms with Crippen LogP contribution in [0.2, 0.25) is 0 Å². The first-order valence-corrected chi connectivity index (χ1v) is 14.4. The van der Waals surface area contributed by atoms with Crippen molar-refractivity contribution < 1.29 is 22.8 Å². The van der Waals surface area contributed by atoms with Crippen LogP contribution in [-0.2, 0) is 25.3 Å². The number of hydrogen-bond acceptors (Lipinski definition) is 6. The smallest absolute Gasteiger partial charge is 0.247 e. The molecule has 1 fully saturated rings. The molecule has 2 aromatic rings. The van der Waals surface area contributed by atoms with Gasteiger partial charge in [-0.2, -0.15) is 0 Å². The van der Waals surface area contributed by atoms with Crippen LogP contribution >= 0.6 is 0 Å². The fraction of sp³-hybridized carbons (Fsp3) is 0.464. The van der Waals surface area contributed by atoms with Gasteiger partial charge < -0.3 is 20.9 Å². The second-order valence-corrected chi connectivity index (χ2v) is 10.8. The molecule has 1 saturated heterocycles. The number of carbonyl (C=O) groups excluding carboxylic acids is 3. The lowest BCUT2D eigenvalue weighted by molar-refractivity contribution is -0.143. The number of nitrogens with one attached hydrogen (secondary N) is 3. The van der Waals surface area contributed by atoms with Crippen LogP contribution in [0.5, 0.6) is 0 Å². The quantitative estimate of drug-likeness (QED) is 0.291. The molecule has 11 heteroatoms. The van der Waals surface area contributed by atoms with Crippen LogP contribution in [0.1, 0.15) is 50.8 Å². The van der Waals surface area contributed by atoms with E-state index in [2.05, 4.69) is 16.0 Å². The molecule has 1 aliphatic heterocycles. The van der Waals surface area contributed by atoms with Crippen molar-refractivity contribution in [3.8, 4) is 0 Å². The van der Waals surface area contributed by atoms with E-state index in [0.29, 0.717) is 12.8 Å². The van der Waals surface area contributed by atoms with Gasteiger partial charge in [0.1, 0.15) is 12.1 Å². The molecule has 39 heavy (non-hydrogen) atoms. The maximum atomic E-state index is 13.9. The van der Waals surface area contributed by atoms with Gasteiger partial charge >= 0.3 is 0 Å². The van der Waals surface area contributed by atoms with Crippen LogP contribution in [0.4, 0.5) is 0 Å². The molecular weight excluding hydrogens is 518 g/mol. The monoisotopic (exact) mass is 557 g/mol. The largest absolute Gasteiger partial charge is 0.343 e. The van der Waals surface area contributed by atoms with Crippen molar-refractivity contribution in [3.05, 3.63) is 71.8 Å². The first-order chi connectivity index (χ1) is 18.7. The van der Waals surface area contributed by atoms with Gasteiger partial charge in [0.25, 0.3) is 0 Å². The number of benzene rings is 2. The molecule has 10 nitrogen and oxygen atoms in total. The van der Waals surface area contributed by atoms with E-state index < -0.39 is 46.9 Å². The van der Waals surface area contributed by atoms with Crippen LogP contribution < -0.4 is 16.0 Å². The fourth-order valence-corrected chi connectivity index (χ4v) is 5.34. The van der Waals surface area contributed by atoms with E-state index in [1.165, 1.54) is 4.90 Å². The lowest BCUT2D eigenvalue weighted by Crippen LogP contribution is -2.59. The Hall–Kier alpha value is -3.28. The number of hydrogen-bond donors (Lipinski definition) is 4. The van der Waals surface area contributed by atoms with E-state index in [9.17, 15) is 22.8 Å². The van der Waals surface area contributed by atoms with E-state index in [4.69, 9.17) is 0 Å². The Morgan fingerprint density at radius 2 is 1.54 bits per heavy atom. The summed E-state index contributed by atoms with van der Waals surface area (Å²) >= 11 is 0. The van der Waals surface area contributed by atoms with Crippen molar-refractivity contribution in [1.29, 1.82) is 0 Å². The molecule has 0 spiro atoms. The summed E-state index contributed by atoms with van der Waals surface area (Å²) in [6.45, 7) is 5.09. The first kappa shape index (κ1) is 30.3. The third kappa shape index (κ3) is 7.65. The minimum absolute atomic E-state index is 0.148. The molecule has 0 bridgehead atoms. The maximum absolute atomic E-state index is 13.9. The molecule has 2 aromatic carbocycles. The molecule has 1 heterocycles. The van der Waals surface area contributed by atoms with Gasteiger partial charge in [-0.25, -0.2) is 12.7 Å². The number of nitrogens with zero attached hydrogens (tertiary/aromatic N) is 2. The van der Waals surface area contributed by atoms with E-state index in [-0.39, 0.29) is 25.0 Å². The number of rotatable bonds is 12. The third-order valence-electron chi connectivity index (χ3n) is 7.21. The Morgan fingerprint density at radius 1 is 0.974 bits per heavy atom. The van der Waals surface area contributed by atoms with Gasteiger partial charge in [-0.05, 0) is 44.9 Å². The standard InChI is InChI=1S/C28H39N5O5S/c1-5-32(39(37)38)18-23(30-26(34)20(3)29-4)28(36)33-19(2)16-17-24(33)27(35)31-25(21-12-8-6-9-13-21)22-14-10-7-11-15-22/h6-15,19-20,23-25,29,39H,5,16-18H2,1-4H3,(H,30,34)(H,31,35)/t19-,20-,23-,24-/m0/s1. The normalized spacial score (nSPS) is 18.8. The van der Waals surface area contributed by atoms with Crippen molar-refractivity contribution in [2.24, 2.45) is 0 Å². The highest BCUT2D eigenvalue weighted by molar-refractivity contribution is 7.69. The van der Waals surface area contributed by atoms with Crippen LogP contribution in [0.3, 0.4) is 0 Å². The van der Waals surface area contributed by atoms with E-state index in [1.54, 1.807) is 20.9 Å². The second kappa shape index (κ2) is 14.2. The van der Waals surface area contributed by atoms with Crippen molar-refractivity contribution in [1.82, 2.24) is 25.2 Å². The molecule has 3 N–H and O–H groups in total. The molecular formula is C28H39N5O5S. The summed E-state index contributed by atoms with van der Waals surface area (Å²) in [5, 5.41) is 8.66. The van der Waals surface area contributed by atoms with Crippen LogP contribution in [-0.4, -0.2) is 79.6 Å². The predicted molar refractivity (Wildman–Crippen MR) is 150 cm³/mol. The van der Waals surface area contributed by atoms with Gasteiger partial charge in [0.05, 0.1) is 12.1 Å². The van der Waals surface area contributed by atoms with E-state index >= 15 is 0 Å². The zero-order valence-electron chi connectivity index (χ0n) is 22.9. The minimum Gasteiger partial charge on any atom is -0.343 e. The number of thiol groups is 1. The molecule has 0 aliphatic carbocycles. The fourth-order valence-electron chi connectivity index (χ4n) is 4.82. The summed E-state index contributed by atoms with van der Waals surface area (Å²) in [6, 6.07) is 16.0.